The van der Waals surface area contributed by atoms with Crippen molar-refractivity contribution in [2.45, 2.75) is 25.8 Å². The Kier molecular flexibility index (Phi) is 3.16. The van der Waals surface area contributed by atoms with Crippen molar-refractivity contribution in [1.82, 2.24) is 4.90 Å². The van der Waals surface area contributed by atoms with Crippen molar-refractivity contribution in [3.8, 4) is 0 Å². The van der Waals surface area contributed by atoms with Crippen molar-refractivity contribution < 1.29 is 4.74 Å². The molecular formula is C8H17NO. The van der Waals surface area contributed by atoms with Crippen LogP contribution >= 0.6 is 0 Å². The Labute approximate surface area is 63.2 Å². The zero-order valence-corrected chi connectivity index (χ0v) is 6.97. The molecule has 2 heteroatoms. The molecule has 0 N–H and O–H groups in total. The first-order chi connectivity index (χ1) is 4.84. The Morgan fingerprint density at radius 1 is 1.60 bits per heavy atom. The molecule has 0 unspecified atom stereocenters. The van der Waals surface area contributed by atoms with Gasteiger partial charge in [0.05, 0.1) is 6.61 Å². The van der Waals surface area contributed by atoms with E-state index in [9.17, 15) is 0 Å². The number of hydrogen-bond donors (Lipinski definition) is 0. The molecule has 0 aromatic carbocycles. The summed E-state index contributed by atoms with van der Waals surface area (Å²) < 4.78 is 5.01. The molecule has 0 aliphatic carbocycles. The van der Waals surface area contributed by atoms with Crippen LogP contribution in [0.5, 0.6) is 0 Å². The van der Waals surface area contributed by atoms with Gasteiger partial charge in [-0.2, -0.15) is 0 Å². The molecule has 0 saturated carbocycles. The SMILES string of the molecule is COCCN1CCC[C@@H]1C. The smallest absolute Gasteiger partial charge is 0.0589 e. The molecule has 1 heterocycles. The van der Waals surface area contributed by atoms with Crippen molar-refractivity contribution in [3.63, 3.8) is 0 Å². The second-order valence-corrected chi connectivity index (χ2v) is 3.02. The molecule has 60 valence electrons. The fourth-order valence-electron chi connectivity index (χ4n) is 1.53. The minimum Gasteiger partial charge on any atom is -0.383 e. The average Bonchev–Trinajstić information content (AvgIpc) is 2.31. The van der Waals surface area contributed by atoms with Gasteiger partial charge in [-0.1, -0.05) is 0 Å². The Morgan fingerprint density at radius 2 is 2.40 bits per heavy atom. The van der Waals surface area contributed by atoms with Crippen LogP contribution in [0.15, 0.2) is 0 Å². The maximum Gasteiger partial charge on any atom is 0.0589 e. The second-order valence-electron chi connectivity index (χ2n) is 3.02. The van der Waals surface area contributed by atoms with Gasteiger partial charge < -0.3 is 4.74 Å². The van der Waals surface area contributed by atoms with Crippen LogP contribution in [-0.2, 0) is 4.74 Å². The first kappa shape index (κ1) is 8.02. The standard InChI is InChI=1S/C8H17NO/c1-8-4-3-5-9(8)6-7-10-2/h8H,3-7H2,1-2H3/t8-/m0/s1. The van der Waals surface area contributed by atoms with E-state index in [4.69, 9.17) is 4.74 Å². The normalized spacial score (nSPS) is 27.6. The number of likely N-dealkylation sites (tertiary alicyclic amines) is 1. The van der Waals surface area contributed by atoms with E-state index in [0.717, 1.165) is 19.2 Å². The zero-order valence-electron chi connectivity index (χ0n) is 6.97. The molecule has 10 heavy (non-hydrogen) atoms. The summed E-state index contributed by atoms with van der Waals surface area (Å²) in [5.74, 6) is 0. The molecule has 2 nitrogen and oxygen atoms in total. The molecule has 1 aliphatic heterocycles. The van der Waals surface area contributed by atoms with Crippen molar-refractivity contribution in [2.75, 3.05) is 26.8 Å². The molecule has 0 amide bonds. The van der Waals surface area contributed by atoms with E-state index in [-0.39, 0.29) is 0 Å². The summed E-state index contributed by atoms with van der Waals surface area (Å²) in [7, 11) is 1.76. The van der Waals surface area contributed by atoms with Crippen molar-refractivity contribution in [2.24, 2.45) is 0 Å². The van der Waals surface area contributed by atoms with E-state index >= 15 is 0 Å². The minimum absolute atomic E-state index is 0.787. The summed E-state index contributed by atoms with van der Waals surface area (Å²) in [6.45, 7) is 5.55. The maximum atomic E-state index is 5.01. The molecule has 1 atom stereocenters. The lowest BCUT2D eigenvalue weighted by atomic mass is 10.2. The van der Waals surface area contributed by atoms with Crippen LogP contribution in [0.3, 0.4) is 0 Å². The molecule has 0 spiro atoms. The lowest BCUT2D eigenvalue weighted by Gasteiger charge is -2.19. The molecule has 0 radical (unpaired) electrons. The highest BCUT2D eigenvalue weighted by Crippen LogP contribution is 2.14. The summed E-state index contributed by atoms with van der Waals surface area (Å²) in [5, 5.41) is 0. The number of ether oxygens (including phenoxy) is 1. The van der Waals surface area contributed by atoms with Gasteiger partial charge in [0.1, 0.15) is 0 Å². The van der Waals surface area contributed by atoms with Gasteiger partial charge in [0, 0.05) is 19.7 Å². The predicted octanol–water partition coefficient (Wildman–Crippen LogP) is 1.12. The van der Waals surface area contributed by atoms with Crippen LogP contribution in [-0.4, -0.2) is 37.7 Å². The molecule has 1 aliphatic rings. The highest BCUT2D eigenvalue weighted by atomic mass is 16.5. The van der Waals surface area contributed by atoms with E-state index < -0.39 is 0 Å². The Bertz CT molecular complexity index is 95.3. The van der Waals surface area contributed by atoms with Gasteiger partial charge in [-0.15, -0.1) is 0 Å². The summed E-state index contributed by atoms with van der Waals surface area (Å²) in [6, 6.07) is 0.787. The van der Waals surface area contributed by atoms with Gasteiger partial charge in [0.2, 0.25) is 0 Å². The van der Waals surface area contributed by atoms with Crippen LogP contribution in [0.1, 0.15) is 19.8 Å². The van der Waals surface area contributed by atoms with Gasteiger partial charge in [-0.05, 0) is 26.3 Å². The van der Waals surface area contributed by atoms with Crippen LogP contribution in [0.25, 0.3) is 0 Å². The fourth-order valence-corrected chi connectivity index (χ4v) is 1.53. The Morgan fingerprint density at radius 3 is 2.90 bits per heavy atom. The van der Waals surface area contributed by atoms with E-state index in [1.165, 1.54) is 19.4 Å². The van der Waals surface area contributed by atoms with E-state index in [1.807, 2.05) is 0 Å². The van der Waals surface area contributed by atoms with Crippen molar-refractivity contribution in [3.05, 3.63) is 0 Å². The summed E-state index contributed by atoms with van der Waals surface area (Å²) in [5.41, 5.74) is 0. The lowest BCUT2D eigenvalue weighted by molar-refractivity contribution is 0.145. The lowest BCUT2D eigenvalue weighted by Crippen LogP contribution is -2.30. The quantitative estimate of drug-likeness (QED) is 0.587. The summed E-state index contributed by atoms with van der Waals surface area (Å²) in [4.78, 5) is 2.49. The van der Waals surface area contributed by atoms with Crippen molar-refractivity contribution in [1.29, 1.82) is 0 Å². The predicted molar refractivity (Wildman–Crippen MR) is 42.1 cm³/mol. The van der Waals surface area contributed by atoms with E-state index in [0.29, 0.717) is 0 Å². The summed E-state index contributed by atoms with van der Waals surface area (Å²) >= 11 is 0. The molecule has 1 fully saturated rings. The third kappa shape index (κ3) is 1.96. The fraction of sp³-hybridized carbons (Fsp3) is 1.00. The topological polar surface area (TPSA) is 12.5 Å². The van der Waals surface area contributed by atoms with E-state index in [1.54, 1.807) is 7.11 Å². The van der Waals surface area contributed by atoms with Gasteiger partial charge in [0.15, 0.2) is 0 Å². The number of methoxy groups -OCH3 is 1. The van der Waals surface area contributed by atoms with Crippen molar-refractivity contribution >= 4 is 0 Å². The highest BCUT2D eigenvalue weighted by molar-refractivity contribution is 4.74. The maximum absolute atomic E-state index is 5.01. The first-order valence-corrected chi connectivity index (χ1v) is 4.07. The van der Waals surface area contributed by atoms with Crippen LogP contribution < -0.4 is 0 Å². The second kappa shape index (κ2) is 3.94. The monoisotopic (exact) mass is 143 g/mol. The molecule has 0 bridgehead atoms. The highest BCUT2D eigenvalue weighted by Gasteiger charge is 2.18. The molecule has 1 saturated heterocycles. The number of nitrogens with zero attached hydrogens (tertiary/aromatic N) is 1. The largest absolute Gasteiger partial charge is 0.383 e. The molecular weight excluding hydrogens is 126 g/mol. The van der Waals surface area contributed by atoms with Crippen LogP contribution in [0.4, 0.5) is 0 Å². The molecule has 0 aromatic heterocycles. The third-order valence-corrected chi connectivity index (χ3v) is 2.27. The van der Waals surface area contributed by atoms with Gasteiger partial charge in [0.25, 0.3) is 0 Å². The summed E-state index contributed by atoms with van der Waals surface area (Å²) in [6.07, 6.45) is 2.73. The van der Waals surface area contributed by atoms with Gasteiger partial charge in [-0.25, -0.2) is 0 Å². The zero-order chi connectivity index (χ0) is 7.40. The van der Waals surface area contributed by atoms with E-state index in [2.05, 4.69) is 11.8 Å². The Balaban J connectivity index is 2.14. The third-order valence-electron chi connectivity index (χ3n) is 2.27. The number of rotatable bonds is 3. The Hall–Kier alpha value is -0.0800. The van der Waals surface area contributed by atoms with Gasteiger partial charge >= 0.3 is 0 Å². The molecule has 1 rings (SSSR count). The first-order valence-electron chi connectivity index (χ1n) is 4.07. The van der Waals surface area contributed by atoms with Crippen LogP contribution in [0.2, 0.25) is 0 Å². The minimum atomic E-state index is 0.787. The molecule has 0 aromatic rings. The average molecular weight is 143 g/mol. The van der Waals surface area contributed by atoms with Gasteiger partial charge in [-0.3, -0.25) is 4.90 Å². The van der Waals surface area contributed by atoms with Crippen LogP contribution in [0, 0.1) is 0 Å². The number of hydrogen-bond acceptors (Lipinski definition) is 2.